The zero-order valence-corrected chi connectivity index (χ0v) is 10.6. The van der Waals surface area contributed by atoms with Gasteiger partial charge in [0.2, 0.25) is 0 Å². The van der Waals surface area contributed by atoms with Crippen molar-refractivity contribution in [2.75, 3.05) is 5.32 Å². The van der Waals surface area contributed by atoms with E-state index in [2.05, 4.69) is 5.32 Å². The van der Waals surface area contributed by atoms with Crippen LogP contribution in [0.5, 0.6) is 0 Å². The minimum Gasteiger partial charge on any atom is -0.378 e. The molecule has 21 heavy (non-hydrogen) atoms. The molecule has 0 aliphatic carbocycles. The molecule has 0 fully saturated rings. The molecular weight excluding hydrogens is 288 g/mol. The van der Waals surface area contributed by atoms with Gasteiger partial charge in [0.05, 0.1) is 11.3 Å². The summed E-state index contributed by atoms with van der Waals surface area (Å²) in [6.07, 6.45) is 0. The van der Waals surface area contributed by atoms with E-state index in [9.17, 15) is 22.4 Å². The van der Waals surface area contributed by atoms with E-state index in [0.29, 0.717) is 6.07 Å². The summed E-state index contributed by atoms with van der Waals surface area (Å²) in [5, 5.41) is 2.40. The van der Waals surface area contributed by atoms with E-state index in [0.717, 1.165) is 18.2 Å². The number of benzene rings is 2. The van der Waals surface area contributed by atoms with Gasteiger partial charge in [-0.3, -0.25) is 4.79 Å². The van der Waals surface area contributed by atoms with E-state index in [-0.39, 0.29) is 17.8 Å². The number of primary amides is 1. The zero-order chi connectivity index (χ0) is 15.6. The smallest absolute Gasteiger partial charge is 0.251 e. The van der Waals surface area contributed by atoms with E-state index >= 15 is 0 Å². The van der Waals surface area contributed by atoms with Crippen LogP contribution in [0.25, 0.3) is 0 Å². The summed E-state index contributed by atoms with van der Waals surface area (Å²) in [5.74, 6) is -4.80. The van der Waals surface area contributed by atoms with Crippen LogP contribution in [0, 0.1) is 23.3 Å². The first-order valence-corrected chi connectivity index (χ1v) is 5.85. The van der Waals surface area contributed by atoms with Crippen LogP contribution in [0.2, 0.25) is 0 Å². The third kappa shape index (κ3) is 3.13. The van der Waals surface area contributed by atoms with Crippen LogP contribution >= 0.6 is 0 Å². The van der Waals surface area contributed by atoms with E-state index in [1.807, 2.05) is 0 Å². The molecule has 7 heteroatoms. The van der Waals surface area contributed by atoms with E-state index < -0.39 is 34.7 Å². The Bertz CT molecular complexity index is 683. The molecule has 0 saturated heterocycles. The van der Waals surface area contributed by atoms with Crippen molar-refractivity contribution in [1.29, 1.82) is 0 Å². The maximum atomic E-state index is 13.6. The Kier molecular flexibility index (Phi) is 4.11. The highest BCUT2D eigenvalue weighted by Crippen LogP contribution is 2.21. The number of nitrogens with one attached hydrogen (secondary N) is 1. The first-order valence-electron chi connectivity index (χ1n) is 5.85. The zero-order valence-electron chi connectivity index (χ0n) is 10.6. The number of rotatable bonds is 4. The van der Waals surface area contributed by atoms with Gasteiger partial charge in [-0.1, -0.05) is 6.07 Å². The summed E-state index contributed by atoms with van der Waals surface area (Å²) in [6.45, 7) is -0.376. The fraction of sp³-hybridized carbons (Fsp3) is 0.0714. The summed E-state index contributed by atoms with van der Waals surface area (Å²) < 4.78 is 53.7. The highest BCUT2D eigenvalue weighted by atomic mass is 19.1. The molecule has 2 rings (SSSR count). The Labute approximate surface area is 117 Å². The Morgan fingerprint density at radius 1 is 1.00 bits per heavy atom. The van der Waals surface area contributed by atoms with Crippen LogP contribution in [0.15, 0.2) is 30.3 Å². The topological polar surface area (TPSA) is 55.1 Å². The average Bonchev–Trinajstić information content (AvgIpc) is 2.39. The number of carbonyl (C=O) groups is 1. The molecule has 0 radical (unpaired) electrons. The van der Waals surface area contributed by atoms with Crippen molar-refractivity contribution in [2.24, 2.45) is 5.73 Å². The third-order valence-electron chi connectivity index (χ3n) is 2.84. The van der Waals surface area contributed by atoms with Crippen molar-refractivity contribution in [1.82, 2.24) is 0 Å². The minimum atomic E-state index is -1.11. The Morgan fingerprint density at radius 3 is 2.19 bits per heavy atom. The van der Waals surface area contributed by atoms with Crippen LogP contribution in [-0.4, -0.2) is 5.91 Å². The van der Waals surface area contributed by atoms with Gasteiger partial charge >= 0.3 is 0 Å². The molecular formula is C14H10F4N2O. The number of nitrogens with two attached hydrogens (primary N) is 1. The average molecular weight is 298 g/mol. The van der Waals surface area contributed by atoms with Crippen molar-refractivity contribution in [3.8, 4) is 0 Å². The number of anilines is 1. The lowest BCUT2D eigenvalue weighted by Crippen LogP contribution is -2.15. The standard InChI is InChI=1S/C14H10F4N2O/c15-9-2-1-3-10(16)8(9)6-20-13-4-7(14(19)21)11(17)5-12(13)18/h1-5,20H,6H2,(H2,19,21). The van der Waals surface area contributed by atoms with Gasteiger partial charge in [-0.2, -0.15) is 0 Å². The maximum Gasteiger partial charge on any atom is 0.251 e. The summed E-state index contributed by atoms with van der Waals surface area (Å²) in [5.41, 5.74) is 3.83. The predicted molar refractivity (Wildman–Crippen MR) is 68.6 cm³/mol. The molecule has 0 aromatic heterocycles. The molecule has 0 atom stereocenters. The fourth-order valence-electron chi connectivity index (χ4n) is 1.76. The highest BCUT2D eigenvalue weighted by Gasteiger charge is 2.15. The van der Waals surface area contributed by atoms with Crippen LogP contribution in [0.3, 0.4) is 0 Å². The molecule has 0 spiro atoms. The first kappa shape index (κ1) is 14.8. The van der Waals surface area contributed by atoms with Gasteiger partial charge in [0, 0.05) is 18.2 Å². The number of amides is 1. The molecule has 0 heterocycles. The molecule has 0 saturated carbocycles. The molecule has 0 bridgehead atoms. The van der Waals surface area contributed by atoms with Gasteiger partial charge in [0.1, 0.15) is 23.3 Å². The lowest BCUT2D eigenvalue weighted by molar-refractivity contribution is 0.0996. The summed E-state index contributed by atoms with van der Waals surface area (Å²) >= 11 is 0. The van der Waals surface area contributed by atoms with Gasteiger partial charge < -0.3 is 11.1 Å². The summed E-state index contributed by atoms with van der Waals surface area (Å²) in [6, 6.07) is 4.62. The van der Waals surface area contributed by atoms with E-state index in [1.165, 1.54) is 6.07 Å². The minimum absolute atomic E-state index is 0.284. The van der Waals surface area contributed by atoms with Crippen molar-refractivity contribution in [2.45, 2.75) is 6.54 Å². The number of carbonyl (C=O) groups excluding carboxylic acids is 1. The largest absolute Gasteiger partial charge is 0.378 e. The van der Waals surface area contributed by atoms with Gasteiger partial charge in [0.25, 0.3) is 5.91 Å². The van der Waals surface area contributed by atoms with Crippen LogP contribution in [0.1, 0.15) is 15.9 Å². The van der Waals surface area contributed by atoms with Crippen molar-refractivity contribution < 1.29 is 22.4 Å². The van der Waals surface area contributed by atoms with Gasteiger partial charge in [-0.25, -0.2) is 17.6 Å². The number of halogens is 4. The number of hydrogen-bond donors (Lipinski definition) is 2. The molecule has 110 valence electrons. The Morgan fingerprint density at radius 2 is 1.62 bits per heavy atom. The maximum absolute atomic E-state index is 13.6. The van der Waals surface area contributed by atoms with Gasteiger partial charge in [-0.15, -0.1) is 0 Å². The van der Waals surface area contributed by atoms with Crippen LogP contribution in [-0.2, 0) is 6.54 Å². The Balaban J connectivity index is 2.28. The lowest BCUT2D eigenvalue weighted by Gasteiger charge is -2.10. The third-order valence-corrected chi connectivity index (χ3v) is 2.84. The number of hydrogen-bond acceptors (Lipinski definition) is 2. The van der Waals surface area contributed by atoms with E-state index in [1.54, 1.807) is 0 Å². The normalized spacial score (nSPS) is 10.5. The van der Waals surface area contributed by atoms with Crippen LogP contribution in [0.4, 0.5) is 23.2 Å². The van der Waals surface area contributed by atoms with Gasteiger partial charge in [-0.05, 0) is 18.2 Å². The molecule has 0 aliphatic heterocycles. The molecule has 0 unspecified atom stereocenters. The SMILES string of the molecule is NC(=O)c1cc(NCc2c(F)cccc2F)c(F)cc1F. The molecule has 0 aliphatic rings. The summed E-state index contributed by atoms with van der Waals surface area (Å²) in [4.78, 5) is 11.0. The van der Waals surface area contributed by atoms with Gasteiger partial charge in [0.15, 0.2) is 0 Å². The predicted octanol–water partition coefficient (Wildman–Crippen LogP) is 2.95. The van der Waals surface area contributed by atoms with Crippen molar-refractivity contribution in [3.63, 3.8) is 0 Å². The molecule has 1 amide bonds. The highest BCUT2D eigenvalue weighted by molar-refractivity contribution is 5.94. The molecule has 2 aromatic carbocycles. The quantitative estimate of drug-likeness (QED) is 0.853. The molecule has 3 N–H and O–H groups in total. The van der Waals surface area contributed by atoms with Crippen LogP contribution < -0.4 is 11.1 Å². The first-order chi connectivity index (χ1) is 9.90. The second-order valence-corrected chi connectivity index (χ2v) is 4.23. The van der Waals surface area contributed by atoms with Crippen molar-refractivity contribution >= 4 is 11.6 Å². The Hall–Kier alpha value is -2.57. The summed E-state index contributed by atoms with van der Waals surface area (Å²) in [7, 11) is 0. The molecule has 3 nitrogen and oxygen atoms in total. The second kappa shape index (κ2) is 5.82. The monoisotopic (exact) mass is 298 g/mol. The fourth-order valence-corrected chi connectivity index (χ4v) is 1.76. The molecule has 2 aromatic rings. The van der Waals surface area contributed by atoms with E-state index in [4.69, 9.17) is 5.73 Å². The second-order valence-electron chi connectivity index (χ2n) is 4.23. The lowest BCUT2D eigenvalue weighted by atomic mass is 10.1. The van der Waals surface area contributed by atoms with Crippen molar-refractivity contribution in [3.05, 3.63) is 64.7 Å².